The minimum atomic E-state index is -0.257. The van der Waals surface area contributed by atoms with Gasteiger partial charge in [0.2, 0.25) is 0 Å². The van der Waals surface area contributed by atoms with Crippen LogP contribution in [0.4, 0.5) is 4.39 Å². The maximum absolute atomic E-state index is 12.8. The van der Waals surface area contributed by atoms with Gasteiger partial charge in [0.25, 0.3) is 5.91 Å². The average Bonchev–Trinajstić information content (AvgIpc) is 2.54. The molecule has 24 heavy (non-hydrogen) atoms. The van der Waals surface area contributed by atoms with Gasteiger partial charge in [-0.2, -0.15) is 0 Å². The highest BCUT2D eigenvalue weighted by atomic mass is 35.5. The molecule has 0 saturated carbocycles. The van der Waals surface area contributed by atoms with Crippen molar-refractivity contribution in [2.24, 2.45) is 0 Å². The highest BCUT2D eigenvalue weighted by Crippen LogP contribution is 2.24. The fourth-order valence-corrected chi connectivity index (χ4v) is 2.93. The zero-order valence-corrected chi connectivity index (χ0v) is 14.9. The molecule has 0 spiro atoms. The first-order valence-electron chi connectivity index (χ1n) is 7.75. The fourth-order valence-electron chi connectivity index (χ4n) is 2.35. The number of hydrogen-bond acceptors (Lipinski definition) is 1. The molecule has 0 saturated heterocycles. The van der Waals surface area contributed by atoms with E-state index >= 15 is 0 Å². The van der Waals surface area contributed by atoms with E-state index in [1.807, 2.05) is 18.3 Å². The van der Waals surface area contributed by atoms with E-state index in [9.17, 15) is 9.18 Å². The van der Waals surface area contributed by atoms with Crippen molar-refractivity contribution in [3.63, 3.8) is 0 Å². The minimum Gasteiger partial charge on any atom is -0.351 e. The molecular weight excluding hydrogens is 350 g/mol. The van der Waals surface area contributed by atoms with E-state index in [0.717, 1.165) is 11.1 Å². The second-order valence-electron chi connectivity index (χ2n) is 5.62. The molecule has 128 valence electrons. The number of rotatable bonds is 7. The lowest BCUT2D eigenvalue weighted by atomic mass is 10.1. The SMILES string of the molecule is C[C@H]([NH2+]CC(=O)NCCc1ccc(F)cc1)c1ccc(Cl)cc1Cl. The summed E-state index contributed by atoms with van der Waals surface area (Å²) in [5.74, 6) is -0.304. The summed E-state index contributed by atoms with van der Waals surface area (Å²) in [5.41, 5.74) is 1.93. The molecule has 1 amide bonds. The summed E-state index contributed by atoms with van der Waals surface area (Å²) >= 11 is 12.1. The number of quaternary nitrogens is 1. The molecule has 0 heterocycles. The van der Waals surface area contributed by atoms with E-state index < -0.39 is 0 Å². The molecule has 3 N–H and O–H groups in total. The minimum absolute atomic E-state index is 0.0472. The van der Waals surface area contributed by atoms with Crippen LogP contribution in [0.1, 0.15) is 24.1 Å². The van der Waals surface area contributed by atoms with Crippen LogP contribution in [0.5, 0.6) is 0 Å². The number of halogens is 3. The number of nitrogens with one attached hydrogen (secondary N) is 1. The molecule has 6 heteroatoms. The van der Waals surface area contributed by atoms with Gasteiger partial charge < -0.3 is 10.6 Å². The second-order valence-corrected chi connectivity index (χ2v) is 6.46. The monoisotopic (exact) mass is 369 g/mol. The van der Waals surface area contributed by atoms with Crippen LogP contribution in [0.15, 0.2) is 42.5 Å². The van der Waals surface area contributed by atoms with Gasteiger partial charge in [-0.15, -0.1) is 0 Å². The topological polar surface area (TPSA) is 45.7 Å². The second kappa shape index (κ2) is 9.02. The quantitative estimate of drug-likeness (QED) is 0.773. The van der Waals surface area contributed by atoms with Crippen LogP contribution in [-0.4, -0.2) is 19.0 Å². The first-order chi connectivity index (χ1) is 11.5. The maximum Gasteiger partial charge on any atom is 0.275 e. The van der Waals surface area contributed by atoms with Crippen LogP contribution >= 0.6 is 23.2 Å². The van der Waals surface area contributed by atoms with Gasteiger partial charge in [0.1, 0.15) is 11.9 Å². The predicted octanol–water partition coefficient (Wildman–Crippen LogP) is 3.12. The van der Waals surface area contributed by atoms with Gasteiger partial charge in [-0.25, -0.2) is 4.39 Å². The summed E-state index contributed by atoms with van der Waals surface area (Å²) in [6.45, 7) is 2.82. The normalized spacial score (nSPS) is 12.0. The molecule has 0 aliphatic carbocycles. The summed E-state index contributed by atoms with van der Waals surface area (Å²) in [6.07, 6.45) is 0.671. The number of hydrogen-bond donors (Lipinski definition) is 2. The predicted molar refractivity (Wildman–Crippen MR) is 94.8 cm³/mol. The fraction of sp³-hybridized carbons (Fsp3) is 0.278. The Morgan fingerprint density at radius 3 is 2.58 bits per heavy atom. The number of benzene rings is 2. The lowest BCUT2D eigenvalue weighted by molar-refractivity contribution is -0.682. The Hall–Kier alpha value is -1.62. The van der Waals surface area contributed by atoms with Gasteiger partial charge in [-0.3, -0.25) is 4.79 Å². The van der Waals surface area contributed by atoms with Crippen molar-refractivity contribution in [2.75, 3.05) is 13.1 Å². The summed E-state index contributed by atoms with van der Waals surface area (Å²) in [4.78, 5) is 11.9. The van der Waals surface area contributed by atoms with E-state index in [1.165, 1.54) is 12.1 Å². The molecule has 0 radical (unpaired) electrons. The third-order valence-electron chi connectivity index (χ3n) is 3.76. The molecule has 0 bridgehead atoms. The Kier molecular flexibility index (Phi) is 7.03. The number of amides is 1. The van der Waals surface area contributed by atoms with E-state index in [0.29, 0.717) is 29.6 Å². The molecular formula is C18H20Cl2FN2O+. The van der Waals surface area contributed by atoms with Crippen molar-refractivity contribution < 1.29 is 14.5 Å². The Balaban J connectivity index is 1.73. The summed E-state index contributed by atoms with van der Waals surface area (Å²) < 4.78 is 12.8. The van der Waals surface area contributed by atoms with Crippen LogP contribution in [-0.2, 0) is 11.2 Å². The maximum atomic E-state index is 12.8. The zero-order valence-electron chi connectivity index (χ0n) is 13.4. The molecule has 0 fully saturated rings. The summed E-state index contributed by atoms with van der Waals surface area (Å²) in [7, 11) is 0. The number of carbonyl (C=O) groups excluding carboxylic acids is 1. The highest BCUT2D eigenvalue weighted by molar-refractivity contribution is 6.35. The van der Waals surface area contributed by atoms with Crippen LogP contribution in [0, 0.1) is 5.82 Å². The van der Waals surface area contributed by atoms with Crippen molar-refractivity contribution in [3.05, 3.63) is 69.5 Å². The molecule has 0 aliphatic heterocycles. The Bertz CT molecular complexity index is 692. The van der Waals surface area contributed by atoms with E-state index in [2.05, 4.69) is 5.32 Å². The van der Waals surface area contributed by atoms with E-state index in [1.54, 1.807) is 24.3 Å². The molecule has 3 nitrogen and oxygen atoms in total. The Morgan fingerprint density at radius 2 is 1.92 bits per heavy atom. The first-order valence-corrected chi connectivity index (χ1v) is 8.50. The highest BCUT2D eigenvalue weighted by Gasteiger charge is 2.14. The molecule has 0 aromatic heterocycles. The summed E-state index contributed by atoms with van der Waals surface area (Å²) in [6, 6.07) is 11.7. The third kappa shape index (κ3) is 5.78. The van der Waals surface area contributed by atoms with Crippen LogP contribution in [0.3, 0.4) is 0 Å². The van der Waals surface area contributed by atoms with Crippen molar-refractivity contribution in [1.82, 2.24) is 5.32 Å². The molecule has 2 aromatic carbocycles. The van der Waals surface area contributed by atoms with E-state index in [4.69, 9.17) is 23.2 Å². The van der Waals surface area contributed by atoms with Gasteiger partial charge >= 0.3 is 0 Å². The lowest BCUT2D eigenvalue weighted by Gasteiger charge is -2.13. The van der Waals surface area contributed by atoms with Crippen molar-refractivity contribution in [3.8, 4) is 0 Å². The van der Waals surface area contributed by atoms with Crippen molar-refractivity contribution in [2.45, 2.75) is 19.4 Å². The standard InChI is InChI=1S/C18H19Cl2FN2O/c1-12(16-7-4-14(19)10-17(16)20)23-11-18(24)22-9-8-13-2-5-15(21)6-3-13/h2-7,10,12,23H,8-9,11H2,1H3,(H,22,24)/p+1/t12-/m0/s1. The lowest BCUT2D eigenvalue weighted by Crippen LogP contribution is -2.87. The van der Waals surface area contributed by atoms with Crippen molar-refractivity contribution >= 4 is 29.1 Å². The van der Waals surface area contributed by atoms with Gasteiger partial charge in [-0.05, 0) is 43.2 Å². The van der Waals surface area contributed by atoms with E-state index in [-0.39, 0.29) is 17.8 Å². The molecule has 0 aliphatic rings. The summed E-state index contributed by atoms with van der Waals surface area (Å²) in [5, 5.41) is 5.97. The van der Waals surface area contributed by atoms with Gasteiger partial charge in [0, 0.05) is 17.1 Å². The first kappa shape index (κ1) is 18.7. The zero-order chi connectivity index (χ0) is 17.5. The van der Waals surface area contributed by atoms with Crippen LogP contribution in [0.25, 0.3) is 0 Å². The Morgan fingerprint density at radius 1 is 1.21 bits per heavy atom. The largest absolute Gasteiger partial charge is 0.351 e. The van der Waals surface area contributed by atoms with Crippen LogP contribution in [0.2, 0.25) is 10.0 Å². The molecule has 2 rings (SSSR count). The number of nitrogens with two attached hydrogens (primary N) is 1. The third-order valence-corrected chi connectivity index (χ3v) is 4.32. The number of carbonyl (C=O) groups is 1. The smallest absolute Gasteiger partial charge is 0.275 e. The average molecular weight is 370 g/mol. The van der Waals surface area contributed by atoms with Gasteiger partial charge in [0.05, 0.1) is 5.02 Å². The Labute approximate surface area is 151 Å². The molecule has 1 atom stereocenters. The van der Waals surface area contributed by atoms with Gasteiger partial charge in [-0.1, -0.05) is 41.4 Å². The van der Waals surface area contributed by atoms with Gasteiger partial charge in [0.15, 0.2) is 6.54 Å². The van der Waals surface area contributed by atoms with Crippen LogP contribution < -0.4 is 10.6 Å². The molecule has 0 unspecified atom stereocenters. The molecule has 2 aromatic rings. The van der Waals surface area contributed by atoms with Crippen molar-refractivity contribution in [1.29, 1.82) is 0 Å².